The van der Waals surface area contributed by atoms with Crippen molar-refractivity contribution in [2.24, 2.45) is 0 Å². The lowest BCUT2D eigenvalue weighted by Gasteiger charge is -2.46. The van der Waals surface area contributed by atoms with Crippen LogP contribution in [0.3, 0.4) is 0 Å². The van der Waals surface area contributed by atoms with Gasteiger partial charge in [0.1, 0.15) is 0 Å². The van der Waals surface area contributed by atoms with Crippen LogP contribution >= 0.6 is 35.0 Å². The standard InChI is InChI=1S/C16H23Cl2NOS/c1-19(2)8-9-21-11-15(20)16(6-3-7-16)12-4-5-13(17)14(18)10-12/h4-5,10,15,20H,3,6-9,11H2,1-2H3. The van der Waals surface area contributed by atoms with E-state index < -0.39 is 0 Å². The molecule has 0 radical (unpaired) electrons. The highest BCUT2D eigenvalue weighted by molar-refractivity contribution is 7.99. The van der Waals surface area contributed by atoms with Gasteiger partial charge in [-0.15, -0.1) is 0 Å². The van der Waals surface area contributed by atoms with Crippen LogP contribution in [-0.2, 0) is 5.41 Å². The SMILES string of the molecule is CN(C)CCSCC(O)C1(c2ccc(Cl)c(Cl)c2)CCC1. The average molecular weight is 348 g/mol. The number of aliphatic hydroxyl groups is 1. The summed E-state index contributed by atoms with van der Waals surface area (Å²) in [5, 5.41) is 11.8. The van der Waals surface area contributed by atoms with Crippen molar-refractivity contribution in [3.63, 3.8) is 0 Å². The molecular formula is C16H23Cl2NOS. The molecule has 1 aromatic carbocycles. The second kappa shape index (κ2) is 7.56. The fourth-order valence-corrected chi connectivity index (χ4v) is 4.28. The van der Waals surface area contributed by atoms with Gasteiger partial charge in [0.05, 0.1) is 16.1 Å². The van der Waals surface area contributed by atoms with Gasteiger partial charge in [-0.1, -0.05) is 35.7 Å². The van der Waals surface area contributed by atoms with Crippen molar-refractivity contribution < 1.29 is 5.11 Å². The van der Waals surface area contributed by atoms with E-state index in [0.717, 1.165) is 36.5 Å². The van der Waals surface area contributed by atoms with E-state index in [-0.39, 0.29) is 11.5 Å². The van der Waals surface area contributed by atoms with Gasteiger partial charge in [0.25, 0.3) is 0 Å². The molecule has 0 aromatic heterocycles. The zero-order valence-corrected chi connectivity index (χ0v) is 14.9. The van der Waals surface area contributed by atoms with Gasteiger partial charge in [-0.25, -0.2) is 0 Å². The molecule has 118 valence electrons. The fourth-order valence-electron chi connectivity index (χ4n) is 2.78. The quantitative estimate of drug-likeness (QED) is 0.752. The van der Waals surface area contributed by atoms with Crippen LogP contribution in [0, 0.1) is 0 Å². The molecule has 0 amide bonds. The summed E-state index contributed by atoms with van der Waals surface area (Å²) in [6.45, 7) is 1.04. The molecule has 5 heteroatoms. The number of thioether (sulfide) groups is 1. The molecule has 1 fully saturated rings. The second-order valence-electron chi connectivity index (χ2n) is 6.03. The Morgan fingerprint density at radius 3 is 2.52 bits per heavy atom. The molecule has 0 heterocycles. The van der Waals surface area contributed by atoms with Crippen LogP contribution in [0.25, 0.3) is 0 Å². The summed E-state index contributed by atoms with van der Waals surface area (Å²) in [5.74, 6) is 1.82. The number of benzene rings is 1. The smallest absolute Gasteiger partial charge is 0.0727 e. The molecule has 1 unspecified atom stereocenters. The van der Waals surface area contributed by atoms with Gasteiger partial charge in [0.2, 0.25) is 0 Å². The van der Waals surface area contributed by atoms with Gasteiger partial charge in [-0.2, -0.15) is 11.8 Å². The highest BCUT2D eigenvalue weighted by Gasteiger charge is 2.44. The normalized spacial score (nSPS) is 18.6. The van der Waals surface area contributed by atoms with E-state index in [1.807, 2.05) is 30.0 Å². The summed E-state index contributed by atoms with van der Waals surface area (Å²) in [4.78, 5) is 2.16. The maximum Gasteiger partial charge on any atom is 0.0727 e. The first-order valence-corrected chi connectivity index (χ1v) is 9.23. The van der Waals surface area contributed by atoms with Crippen molar-refractivity contribution in [3.8, 4) is 0 Å². The van der Waals surface area contributed by atoms with Crippen molar-refractivity contribution in [1.29, 1.82) is 0 Å². The van der Waals surface area contributed by atoms with Crippen molar-refractivity contribution in [1.82, 2.24) is 4.90 Å². The Balaban J connectivity index is 2.01. The van der Waals surface area contributed by atoms with E-state index in [2.05, 4.69) is 19.0 Å². The molecule has 1 aromatic rings. The molecule has 0 aliphatic heterocycles. The zero-order valence-electron chi connectivity index (χ0n) is 12.6. The molecule has 0 bridgehead atoms. The van der Waals surface area contributed by atoms with Crippen LogP contribution < -0.4 is 0 Å². The number of rotatable bonds is 7. The monoisotopic (exact) mass is 347 g/mol. The molecule has 1 aliphatic rings. The predicted octanol–water partition coefficient (Wildman–Crippen LogP) is 4.07. The van der Waals surface area contributed by atoms with Crippen LogP contribution in [0.4, 0.5) is 0 Å². The molecular weight excluding hydrogens is 325 g/mol. The molecule has 1 atom stereocenters. The maximum absolute atomic E-state index is 10.7. The molecule has 21 heavy (non-hydrogen) atoms. The van der Waals surface area contributed by atoms with Gasteiger partial charge in [0, 0.05) is 23.5 Å². The zero-order chi connectivity index (χ0) is 15.5. The molecule has 1 N–H and O–H groups in total. The summed E-state index contributed by atoms with van der Waals surface area (Å²) in [5.41, 5.74) is 1.00. The van der Waals surface area contributed by atoms with Crippen LogP contribution in [-0.4, -0.2) is 48.3 Å². The van der Waals surface area contributed by atoms with Gasteiger partial charge >= 0.3 is 0 Å². The average Bonchev–Trinajstić information content (AvgIpc) is 2.37. The summed E-state index contributed by atoms with van der Waals surface area (Å²) < 4.78 is 0. The summed E-state index contributed by atoms with van der Waals surface area (Å²) in [6.07, 6.45) is 2.90. The van der Waals surface area contributed by atoms with E-state index in [0.29, 0.717) is 10.0 Å². The van der Waals surface area contributed by atoms with Gasteiger partial charge in [0.15, 0.2) is 0 Å². The largest absolute Gasteiger partial charge is 0.391 e. The number of hydrogen-bond acceptors (Lipinski definition) is 3. The molecule has 0 saturated heterocycles. The Morgan fingerprint density at radius 2 is 2.00 bits per heavy atom. The number of halogens is 2. The van der Waals surface area contributed by atoms with Crippen LogP contribution in [0.5, 0.6) is 0 Å². The summed E-state index contributed by atoms with van der Waals surface area (Å²) in [6, 6.07) is 5.78. The molecule has 1 saturated carbocycles. The predicted molar refractivity (Wildman–Crippen MR) is 93.9 cm³/mol. The van der Waals surface area contributed by atoms with E-state index >= 15 is 0 Å². The lowest BCUT2D eigenvalue weighted by atomic mass is 9.61. The molecule has 0 spiro atoms. The first-order chi connectivity index (χ1) is 9.95. The Hall–Kier alpha value is 0.0700. The lowest BCUT2D eigenvalue weighted by molar-refractivity contribution is 0.0455. The van der Waals surface area contributed by atoms with E-state index in [1.54, 1.807) is 0 Å². The third-order valence-corrected chi connectivity index (χ3v) is 6.10. The van der Waals surface area contributed by atoms with Crippen molar-refractivity contribution in [2.75, 3.05) is 32.1 Å². The Labute approximate surface area is 141 Å². The molecule has 2 rings (SSSR count). The lowest BCUT2D eigenvalue weighted by Crippen LogP contribution is -2.47. The van der Waals surface area contributed by atoms with Crippen LogP contribution in [0.15, 0.2) is 18.2 Å². The second-order valence-corrected chi connectivity index (χ2v) is 8.00. The molecule has 2 nitrogen and oxygen atoms in total. The number of nitrogens with zero attached hydrogens (tertiary/aromatic N) is 1. The third kappa shape index (κ3) is 4.08. The highest BCUT2D eigenvalue weighted by Crippen LogP contribution is 2.48. The first-order valence-electron chi connectivity index (χ1n) is 7.32. The number of aliphatic hydroxyl groups excluding tert-OH is 1. The number of hydrogen-bond donors (Lipinski definition) is 1. The maximum atomic E-state index is 10.7. The fraction of sp³-hybridized carbons (Fsp3) is 0.625. The van der Waals surface area contributed by atoms with Gasteiger partial charge < -0.3 is 10.0 Å². The minimum atomic E-state index is -0.323. The minimum Gasteiger partial charge on any atom is -0.391 e. The van der Waals surface area contributed by atoms with Crippen LogP contribution in [0.1, 0.15) is 24.8 Å². The summed E-state index contributed by atoms with van der Waals surface area (Å²) >= 11 is 14.0. The minimum absolute atomic E-state index is 0.126. The van der Waals surface area contributed by atoms with Crippen molar-refractivity contribution in [3.05, 3.63) is 33.8 Å². The van der Waals surface area contributed by atoms with Crippen molar-refractivity contribution in [2.45, 2.75) is 30.8 Å². The van der Waals surface area contributed by atoms with Crippen LogP contribution in [0.2, 0.25) is 10.0 Å². The van der Waals surface area contributed by atoms with E-state index in [4.69, 9.17) is 23.2 Å². The topological polar surface area (TPSA) is 23.5 Å². The van der Waals surface area contributed by atoms with Gasteiger partial charge in [-0.05, 0) is 44.6 Å². The Kier molecular flexibility index (Phi) is 6.27. The highest BCUT2D eigenvalue weighted by atomic mass is 35.5. The first kappa shape index (κ1) is 17.4. The van der Waals surface area contributed by atoms with Crippen molar-refractivity contribution >= 4 is 35.0 Å². The Morgan fingerprint density at radius 1 is 1.29 bits per heavy atom. The Bertz CT molecular complexity index is 477. The van der Waals surface area contributed by atoms with E-state index in [9.17, 15) is 5.11 Å². The molecule has 1 aliphatic carbocycles. The third-order valence-electron chi connectivity index (χ3n) is 4.34. The summed E-state index contributed by atoms with van der Waals surface area (Å²) in [7, 11) is 4.14. The van der Waals surface area contributed by atoms with Gasteiger partial charge in [-0.3, -0.25) is 0 Å². The van der Waals surface area contributed by atoms with E-state index in [1.165, 1.54) is 6.42 Å².